The van der Waals surface area contributed by atoms with Gasteiger partial charge in [-0.25, -0.2) is 0 Å². The Kier molecular flexibility index (Phi) is 3.79. The second-order valence-corrected chi connectivity index (χ2v) is 5.74. The van der Waals surface area contributed by atoms with Gasteiger partial charge in [0.15, 0.2) is 0 Å². The normalized spacial score (nSPS) is 10.7. The van der Waals surface area contributed by atoms with Crippen LogP contribution in [-0.4, -0.2) is 10.3 Å². The highest BCUT2D eigenvalue weighted by molar-refractivity contribution is 8.16. The fraction of sp³-hybridized carbons (Fsp3) is 0.667. The first kappa shape index (κ1) is 8.17. The van der Waals surface area contributed by atoms with Gasteiger partial charge in [-0.1, -0.05) is 9.91 Å². The van der Waals surface area contributed by atoms with E-state index in [-0.39, 0.29) is 4.90 Å². The molecule has 2 unspecified atom stereocenters. The Bertz CT molecular complexity index is 98.0. The van der Waals surface area contributed by atoms with E-state index in [0.29, 0.717) is 0 Å². The second kappa shape index (κ2) is 3.25. The minimum absolute atomic E-state index is 0.117. The van der Waals surface area contributed by atoms with Crippen LogP contribution in [0.5, 0.6) is 0 Å². The van der Waals surface area contributed by atoms with Crippen LogP contribution in [0.25, 0.3) is 0 Å². The van der Waals surface area contributed by atoms with E-state index in [0.717, 1.165) is 0 Å². The minimum atomic E-state index is 0.117. The Morgan fingerprint density at radius 1 is 1.71 bits per heavy atom. The standard InChI is InChI=1S/C3H8P2S2/c1-3(4,5)2-7-6/h2H,4-5H2,1H3. The SMILES string of the molecule is CC(P)(P)C=S=S. The molecule has 0 aliphatic heterocycles. The van der Waals surface area contributed by atoms with Gasteiger partial charge >= 0.3 is 0 Å². The summed E-state index contributed by atoms with van der Waals surface area (Å²) < 4.78 is 0. The van der Waals surface area contributed by atoms with Crippen molar-refractivity contribution >= 4 is 44.9 Å². The molecule has 0 aliphatic carbocycles. The molecule has 0 rings (SSSR count). The van der Waals surface area contributed by atoms with Crippen molar-refractivity contribution in [3.63, 3.8) is 0 Å². The monoisotopic (exact) mass is 170 g/mol. The molecule has 0 saturated carbocycles. The lowest BCUT2D eigenvalue weighted by Crippen LogP contribution is -2.03. The number of hydrogen-bond donors (Lipinski definition) is 0. The summed E-state index contributed by atoms with van der Waals surface area (Å²) in [6.07, 6.45) is 0. The maximum Gasteiger partial charge on any atom is 0.0243 e. The van der Waals surface area contributed by atoms with Gasteiger partial charge in [0.05, 0.1) is 0 Å². The van der Waals surface area contributed by atoms with Crippen LogP contribution < -0.4 is 0 Å². The maximum atomic E-state index is 4.63. The molecule has 0 fully saturated rings. The van der Waals surface area contributed by atoms with Gasteiger partial charge in [0, 0.05) is 4.90 Å². The zero-order valence-electron chi connectivity index (χ0n) is 4.05. The molecule has 0 spiro atoms. The van der Waals surface area contributed by atoms with Crippen LogP contribution in [0.3, 0.4) is 0 Å². The third-order valence-corrected chi connectivity index (χ3v) is 2.01. The largest absolute Gasteiger partial charge is 0.122 e. The van der Waals surface area contributed by atoms with Crippen molar-refractivity contribution < 1.29 is 0 Å². The van der Waals surface area contributed by atoms with Crippen LogP contribution in [0, 0.1) is 0 Å². The van der Waals surface area contributed by atoms with Crippen molar-refractivity contribution in [2.24, 2.45) is 0 Å². The Balaban J connectivity index is 3.80. The average Bonchev–Trinajstić information content (AvgIpc) is 1.30. The average molecular weight is 170 g/mol. The Labute approximate surface area is 57.1 Å². The lowest BCUT2D eigenvalue weighted by atomic mass is 10.5. The first-order chi connectivity index (χ1) is 3.06. The highest BCUT2D eigenvalue weighted by Crippen LogP contribution is 2.21. The van der Waals surface area contributed by atoms with Crippen molar-refractivity contribution in [3.05, 3.63) is 0 Å². The fourth-order valence-corrected chi connectivity index (χ4v) is 1.93. The number of hydrogen-bond acceptors (Lipinski definition) is 1. The molecule has 0 bridgehead atoms. The van der Waals surface area contributed by atoms with Gasteiger partial charge in [-0.3, -0.25) is 0 Å². The van der Waals surface area contributed by atoms with Gasteiger partial charge in [-0.2, -0.15) is 0 Å². The molecule has 0 aromatic carbocycles. The summed E-state index contributed by atoms with van der Waals surface area (Å²) in [5.41, 5.74) is 0. The molecule has 0 N–H and O–H groups in total. The first-order valence-corrected chi connectivity index (χ1v) is 4.73. The van der Waals surface area contributed by atoms with Gasteiger partial charge in [0.1, 0.15) is 0 Å². The predicted molar refractivity (Wildman–Crippen MR) is 48.6 cm³/mol. The first-order valence-electron chi connectivity index (χ1n) is 1.77. The summed E-state index contributed by atoms with van der Waals surface area (Å²) in [7, 11) is 6.64. The van der Waals surface area contributed by atoms with Crippen LogP contribution in [0.4, 0.5) is 0 Å². The van der Waals surface area contributed by atoms with Crippen LogP contribution in [-0.2, 0) is 21.1 Å². The summed E-state index contributed by atoms with van der Waals surface area (Å²) in [5.74, 6) is 0. The van der Waals surface area contributed by atoms with Crippen molar-refractivity contribution in [2.45, 2.75) is 11.8 Å². The molecule has 0 saturated heterocycles. The predicted octanol–water partition coefficient (Wildman–Crippen LogP) is 0.799. The van der Waals surface area contributed by atoms with Gasteiger partial charge in [-0.05, 0) is 23.5 Å². The quantitative estimate of drug-likeness (QED) is 0.414. The van der Waals surface area contributed by atoms with E-state index in [1.807, 2.05) is 5.37 Å². The number of rotatable bonds is 1. The summed E-state index contributed by atoms with van der Waals surface area (Å²) in [5, 5.41) is 1.97. The van der Waals surface area contributed by atoms with E-state index in [2.05, 4.69) is 36.6 Å². The van der Waals surface area contributed by atoms with E-state index in [1.54, 1.807) is 0 Å². The lowest BCUT2D eigenvalue weighted by Gasteiger charge is -2.06. The van der Waals surface area contributed by atoms with Crippen molar-refractivity contribution in [1.29, 1.82) is 0 Å². The molecule has 0 heterocycles. The van der Waals surface area contributed by atoms with Gasteiger partial charge < -0.3 is 0 Å². The van der Waals surface area contributed by atoms with E-state index in [4.69, 9.17) is 0 Å². The van der Waals surface area contributed by atoms with Crippen LogP contribution in [0.1, 0.15) is 6.92 Å². The van der Waals surface area contributed by atoms with Crippen LogP contribution in [0.2, 0.25) is 0 Å². The molecule has 0 aromatic heterocycles. The van der Waals surface area contributed by atoms with Crippen LogP contribution in [0.15, 0.2) is 0 Å². The highest BCUT2D eigenvalue weighted by Gasteiger charge is 2.02. The summed E-state index contributed by atoms with van der Waals surface area (Å²) in [6.45, 7) is 2.06. The molecule has 4 heteroatoms. The van der Waals surface area contributed by atoms with Crippen molar-refractivity contribution in [3.8, 4) is 0 Å². The van der Waals surface area contributed by atoms with E-state index in [1.165, 1.54) is 9.91 Å². The topological polar surface area (TPSA) is 0 Å². The van der Waals surface area contributed by atoms with Gasteiger partial charge in [-0.15, -0.1) is 18.5 Å². The van der Waals surface area contributed by atoms with Crippen molar-refractivity contribution in [2.75, 3.05) is 0 Å². The third-order valence-electron chi connectivity index (χ3n) is 0.302. The van der Waals surface area contributed by atoms with Gasteiger partial charge in [0.25, 0.3) is 0 Å². The summed E-state index contributed by atoms with van der Waals surface area (Å²) in [6, 6.07) is 0. The smallest absolute Gasteiger partial charge is 0.0243 e. The Morgan fingerprint density at radius 2 is 2.14 bits per heavy atom. The Hall–Kier alpha value is 1.17. The summed E-state index contributed by atoms with van der Waals surface area (Å²) >= 11 is 4.63. The maximum absolute atomic E-state index is 4.63. The molecule has 0 aromatic rings. The van der Waals surface area contributed by atoms with Crippen LogP contribution >= 0.6 is 18.5 Å². The molecule has 42 valence electrons. The van der Waals surface area contributed by atoms with E-state index < -0.39 is 0 Å². The summed E-state index contributed by atoms with van der Waals surface area (Å²) in [4.78, 5) is 0.117. The lowest BCUT2D eigenvalue weighted by molar-refractivity contribution is 1.28. The highest BCUT2D eigenvalue weighted by atomic mass is 32.8. The third kappa shape index (κ3) is 7.17. The second-order valence-electron chi connectivity index (χ2n) is 1.58. The molecule has 2 atom stereocenters. The molecular weight excluding hydrogens is 162 g/mol. The minimum Gasteiger partial charge on any atom is -0.122 e. The van der Waals surface area contributed by atoms with E-state index in [9.17, 15) is 0 Å². The molecule has 0 nitrogen and oxygen atoms in total. The molecular formula is C3H8P2S2. The molecule has 0 radical (unpaired) electrons. The van der Waals surface area contributed by atoms with Crippen molar-refractivity contribution in [1.82, 2.24) is 0 Å². The molecule has 7 heavy (non-hydrogen) atoms. The zero-order valence-corrected chi connectivity index (χ0v) is 7.99. The zero-order chi connectivity index (χ0) is 5.91. The van der Waals surface area contributed by atoms with E-state index >= 15 is 0 Å². The molecule has 0 amide bonds. The van der Waals surface area contributed by atoms with Gasteiger partial charge in [0.2, 0.25) is 0 Å². The fourth-order valence-electron chi connectivity index (χ4n) is 0.104. The Morgan fingerprint density at radius 3 is 2.14 bits per heavy atom. The molecule has 0 aliphatic rings.